The summed E-state index contributed by atoms with van der Waals surface area (Å²) in [6.07, 6.45) is 1.68. The van der Waals surface area contributed by atoms with Crippen molar-refractivity contribution >= 4 is 29.4 Å². The van der Waals surface area contributed by atoms with Crippen LogP contribution in [0, 0.1) is 0 Å². The molecular formula is C18H20Cl2N2O2. The fourth-order valence-electron chi connectivity index (χ4n) is 2.10. The molecule has 0 bridgehead atoms. The van der Waals surface area contributed by atoms with Crippen LogP contribution >= 0.6 is 23.2 Å². The number of nitrogens with one attached hydrogen (secondary N) is 1. The van der Waals surface area contributed by atoms with Crippen LogP contribution in [0.2, 0.25) is 10.0 Å². The molecule has 0 fully saturated rings. The van der Waals surface area contributed by atoms with E-state index in [-0.39, 0.29) is 0 Å². The Balaban J connectivity index is 2.07. The van der Waals surface area contributed by atoms with Gasteiger partial charge in [0.25, 0.3) is 0 Å². The molecule has 0 aliphatic rings. The van der Waals surface area contributed by atoms with Gasteiger partial charge < -0.3 is 14.9 Å². The molecule has 0 atom stereocenters. The van der Waals surface area contributed by atoms with Gasteiger partial charge in [-0.15, -0.1) is 0 Å². The second kappa shape index (κ2) is 9.40. The fourth-order valence-corrected chi connectivity index (χ4v) is 2.58. The standard InChI is InChI=1S/C18H20Cl2N2O2/c1-3-23-17-10-13(9-16(20)18(17)24-4-2)11-21-22-12-14-7-5-6-8-15(14)19/h5-11,22H,3-4,12H2,1-2H3/b21-11-. The minimum absolute atomic E-state index is 0.496. The van der Waals surface area contributed by atoms with E-state index in [0.29, 0.717) is 41.3 Å². The zero-order valence-electron chi connectivity index (χ0n) is 13.7. The molecule has 0 aliphatic heterocycles. The second-order valence-electron chi connectivity index (χ2n) is 4.88. The van der Waals surface area contributed by atoms with E-state index in [2.05, 4.69) is 10.5 Å². The predicted molar refractivity (Wildman–Crippen MR) is 99.7 cm³/mol. The Morgan fingerprint density at radius 1 is 1.04 bits per heavy atom. The molecule has 2 rings (SSSR count). The van der Waals surface area contributed by atoms with E-state index in [1.165, 1.54) is 0 Å². The molecule has 4 nitrogen and oxygen atoms in total. The molecule has 0 amide bonds. The first-order valence-corrected chi connectivity index (χ1v) is 8.49. The van der Waals surface area contributed by atoms with E-state index in [1.54, 1.807) is 12.3 Å². The highest BCUT2D eigenvalue weighted by Crippen LogP contribution is 2.36. The molecule has 128 valence electrons. The molecule has 1 N–H and O–H groups in total. The normalized spacial score (nSPS) is 10.8. The number of nitrogens with zero attached hydrogens (tertiary/aromatic N) is 1. The number of hydrogen-bond acceptors (Lipinski definition) is 4. The Bertz CT molecular complexity index is 705. The number of hydrazone groups is 1. The van der Waals surface area contributed by atoms with E-state index in [9.17, 15) is 0 Å². The monoisotopic (exact) mass is 366 g/mol. The first kappa shape index (κ1) is 18.4. The zero-order valence-corrected chi connectivity index (χ0v) is 15.2. The molecule has 2 aromatic carbocycles. The Morgan fingerprint density at radius 2 is 1.79 bits per heavy atom. The quantitative estimate of drug-likeness (QED) is 0.532. The topological polar surface area (TPSA) is 42.8 Å². The van der Waals surface area contributed by atoms with Gasteiger partial charge in [0, 0.05) is 5.02 Å². The Kier molecular flexibility index (Phi) is 7.22. The van der Waals surface area contributed by atoms with Crippen molar-refractivity contribution in [2.75, 3.05) is 13.2 Å². The van der Waals surface area contributed by atoms with Crippen LogP contribution in [0.1, 0.15) is 25.0 Å². The van der Waals surface area contributed by atoms with Crippen LogP contribution < -0.4 is 14.9 Å². The molecular weight excluding hydrogens is 347 g/mol. The van der Waals surface area contributed by atoms with Crippen molar-refractivity contribution in [2.45, 2.75) is 20.4 Å². The van der Waals surface area contributed by atoms with Crippen molar-refractivity contribution in [3.63, 3.8) is 0 Å². The van der Waals surface area contributed by atoms with Crippen molar-refractivity contribution in [3.8, 4) is 11.5 Å². The Morgan fingerprint density at radius 3 is 2.50 bits per heavy atom. The zero-order chi connectivity index (χ0) is 17.4. The molecule has 6 heteroatoms. The molecule has 0 aromatic heterocycles. The first-order chi connectivity index (χ1) is 11.7. The SMILES string of the molecule is CCOc1cc(/C=N\NCc2ccccc2Cl)cc(Cl)c1OCC. The third-order valence-electron chi connectivity index (χ3n) is 3.15. The van der Waals surface area contributed by atoms with Crippen molar-refractivity contribution < 1.29 is 9.47 Å². The van der Waals surface area contributed by atoms with Crippen LogP contribution in [0.4, 0.5) is 0 Å². The number of halogens is 2. The summed E-state index contributed by atoms with van der Waals surface area (Å²) in [5.41, 5.74) is 4.77. The highest BCUT2D eigenvalue weighted by molar-refractivity contribution is 6.32. The van der Waals surface area contributed by atoms with E-state index in [1.807, 2.05) is 44.2 Å². The summed E-state index contributed by atoms with van der Waals surface area (Å²) in [4.78, 5) is 0. The summed E-state index contributed by atoms with van der Waals surface area (Å²) in [6, 6.07) is 11.3. The Labute approximate surface area is 152 Å². The second-order valence-corrected chi connectivity index (χ2v) is 5.69. The van der Waals surface area contributed by atoms with Crippen LogP contribution in [-0.4, -0.2) is 19.4 Å². The lowest BCUT2D eigenvalue weighted by Crippen LogP contribution is -2.06. The summed E-state index contributed by atoms with van der Waals surface area (Å²) >= 11 is 12.4. The van der Waals surface area contributed by atoms with Crippen LogP contribution in [0.15, 0.2) is 41.5 Å². The fraction of sp³-hybridized carbons (Fsp3) is 0.278. The van der Waals surface area contributed by atoms with Gasteiger partial charge in [-0.3, -0.25) is 0 Å². The molecule has 0 unspecified atom stereocenters. The van der Waals surface area contributed by atoms with E-state index < -0.39 is 0 Å². The van der Waals surface area contributed by atoms with Gasteiger partial charge in [0.15, 0.2) is 11.5 Å². The van der Waals surface area contributed by atoms with Crippen molar-refractivity contribution in [1.82, 2.24) is 5.43 Å². The van der Waals surface area contributed by atoms with Crippen molar-refractivity contribution in [3.05, 3.63) is 57.6 Å². The largest absolute Gasteiger partial charge is 0.490 e. The maximum atomic E-state index is 6.27. The van der Waals surface area contributed by atoms with Gasteiger partial charge in [0.1, 0.15) is 0 Å². The number of rotatable bonds is 8. The number of benzene rings is 2. The molecule has 0 aliphatic carbocycles. The maximum absolute atomic E-state index is 6.27. The summed E-state index contributed by atoms with van der Waals surface area (Å²) in [7, 11) is 0. The third-order valence-corrected chi connectivity index (χ3v) is 3.80. The van der Waals surface area contributed by atoms with Gasteiger partial charge in [0.2, 0.25) is 0 Å². The van der Waals surface area contributed by atoms with Gasteiger partial charge in [-0.05, 0) is 43.2 Å². The summed E-state index contributed by atoms with van der Waals surface area (Å²) < 4.78 is 11.1. The summed E-state index contributed by atoms with van der Waals surface area (Å²) in [6.45, 7) is 5.41. The van der Waals surface area contributed by atoms with Crippen LogP contribution in [0.3, 0.4) is 0 Å². The molecule has 0 radical (unpaired) electrons. The lowest BCUT2D eigenvalue weighted by molar-refractivity contribution is 0.288. The van der Waals surface area contributed by atoms with Gasteiger partial charge in [-0.25, -0.2) is 0 Å². The minimum Gasteiger partial charge on any atom is -0.490 e. The first-order valence-electron chi connectivity index (χ1n) is 7.74. The van der Waals surface area contributed by atoms with E-state index in [4.69, 9.17) is 32.7 Å². The highest BCUT2D eigenvalue weighted by Gasteiger charge is 2.11. The molecule has 0 saturated carbocycles. The lowest BCUT2D eigenvalue weighted by Gasteiger charge is -2.13. The van der Waals surface area contributed by atoms with Gasteiger partial charge in [0.05, 0.1) is 31.0 Å². The number of ether oxygens (including phenoxy) is 2. The van der Waals surface area contributed by atoms with Crippen LogP contribution in [-0.2, 0) is 6.54 Å². The third kappa shape index (κ3) is 5.05. The lowest BCUT2D eigenvalue weighted by atomic mass is 10.2. The summed E-state index contributed by atoms with van der Waals surface area (Å²) in [5.74, 6) is 1.17. The van der Waals surface area contributed by atoms with Crippen molar-refractivity contribution in [1.29, 1.82) is 0 Å². The maximum Gasteiger partial charge on any atom is 0.179 e. The molecule has 0 spiro atoms. The summed E-state index contributed by atoms with van der Waals surface area (Å²) in [5, 5.41) is 5.41. The molecule has 2 aromatic rings. The average molecular weight is 367 g/mol. The van der Waals surface area contributed by atoms with E-state index >= 15 is 0 Å². The number of hydrogen-bond donors (Lipinski definition) is 1. The molecule has 24 heavy (non-hydrogen) atoms. The highest BCUT2D eigenvalue weighted by atomic mass is 35.5. The van der Waals surface area contributed by atoms with Gasteiger partial charge >= 0.3 is 0 Å². The smallest absolute Gasteiger partial charge is 0.179 e. The van der Waals surface area contributed by atoms with Crippen LogP contribution in [0.25, 0.3) is 0 Å². The van der Waals surface area contributed by atoms with Gasteiger partial charge in [-0.2, -0.15) is 5.10 Å². The van der Waals surface area contributed by atoms with Crippen LogP contribution in [0.5, 0.6) is 11.5 Å². The van der Waals surface area contributed by atoms with Gasteiger partial charge in [-0.1, -0.05) is 41.4 Å². The minimum atomic E-state index is 0.496. The van der Waals surface area contributed by atoms with Crippen molar-refractivity contribution in [2.24, 2.45) is 5.10 Å². The van der Waals surface area contributed by atoms with E-state index in [0.717, 1.165) is 11.1 Å². The molecule has 0 saturated heterocycles. The predicted octanol–water partition coefficient (Wildman–Crippen LogP) is 4.91. The molecule has 0 heterocycles. The average Bonchev–Trinajstić information content (AvgIpc) is 2.56. The Hall–Kier alpha value is -1.91.